The van der Waals surface area contributed by atoms with Gasteiger partial charge < -0.3 is 9.88 Å². The van der Waals surface area contributed by atoms with Gasteiger partial charge in [-0.25, -0.2) is 4.98 Å². The Morgan fingerprint density at radius 3 is 2.56 bits per heavy atom. The minimum absolute atomic E-state index is 0.462. The first-order valence-corrected chi connectivity index (χ1v) is 10.2. The number of piperidine rings is 1. The van der Waals surface area contributed by atoms with E-state index in [1.54, 1.807) is 0 Å². The summed E-state index contributed by atoms with van der Waals surface area (Å²) >= 11 is 1.50. The summed E-state index contributed by atoms with van der Waals surface area (Å²) in [6, 6.07) is 0.544. The van der Waals surface area contributed by atoms with Crippen LogP contribution in [0.25, 0.3) is 0 Å². The van der Waals surface area contributed by atoms with Crippen LogP contribution in [-0.4, -0.2) is 43.0 Å². The Hall–Kier alpha value is -1.54. The van der Waals surface area contributed by atoms with Crippen LogP contribution in [0.4, 0.5) is 0 Å². The van der Waals surface area contributed by atoms with E-state index in [9.17, 15) is 0 Å². The van der Waals surface area contributed by atoms with E-state index in [2.05, 4.69) is 44.1 Å². The van der Waals surface area contributed by atoms with Gasteiger partial charge in [0.05, 0.1) is 11.4 Å². The average molecular weight is 360 g/mol. The molecule has 2 aromatic heterocycles. The van der Waals surface area contributed by atoms with E-state index in [1.165, 1.54) is 37.4 Å². The summed E-state index contributed by atoms with van der Waals surface area (Å²) in [5.41, 5.74) is 2.03. The summed E-state index contributed by atoms with van der Waals surface area (Å²) in [6.45, 7) is 6.31. The second-order valence-corrected chi connectivity index (χ2v) is 7.72. The minimum atomic E-state index is 0.462. The standard InChI is InChI=1S/C17H25N7S/c1-3-13-14(4-2)20-22-16(19-13)25-17-23-21-15(24(17)12-7-8-12)11-6-5-9-18-10-11/h11-12,18H,3-10H2,1-2H3. The average Bonchev–Trinajstić information content (AvgIpc) is 3.42. The van der Waals surface area contributed by atoms with Crippen LogP contribution < -0.4 is 5.32 Å². The van der Waals surface area contributed by atoms with Gasteiger partial charge in [0.2, 0.25) is 5.16 Å². The molecule has 1 atom stereocenters. The Bertz CT molecular complexity index is 735. The number of aromatic nitrogens is 6. The maximum atomic E-state index is 4.70. The third kappa shape index (κ3) is 3.55. The maximum Gasteiger partial charge on any atom is 0.217 e. The van der Waals surface area contributed by atoms with Gasteiger partial charge in [0.1, 0.15) is 5.82 Å². The zero-order chi connectivity index (χ0) is 17.2. The van der Waals surface area contributed by atoms with Crippen LogP contribution >= 0.6 is 11.8 Å². The number of rotatable bonds is 6. The van der Waals surface area contributed by atoms with Crippen LogP contribution in [0.1, 0.15) is 68.7 Å². The quantitative estimate of drug-likeness (QED) is 0.849. The van der Waals surface area contributed by atoms with Crippen LogP contribution in [-0.2, 0) is 12.8 Å². The van der Waals surface area contributed by atoms with Gasteiger partial charge in [-0.2, -0.15) is 5.10 Å². The van der Waals surface area contributed by atoms with Gasteiger partial charge >= 0.3 is 0 Å². The van der Waals surface area contributed by atoms with Gasteiger partial charge in [-0.15, -0.1) is 15.3 Å². The molecule has 1 aliphatic carbocycles. The van der Waals surface area contributed by atoms with Crippen molar-refractivity contribution in [2.45, 2.75) is 74.6 Å². The van der Waals surface area contributed by atoms with Gasteiger partial charge in [0.25, 0.3) is 0 Å². The van der Waals surface area contributed by atoms with Crippen molar-refractivity contribution in [2.75, 3.05) is 13.1 Å². The molecule has 0 amide bonds. The van der Waals surface area contributed by atoms with Crippen LogP contribution in [0.3, 0.4) is 0 Å². The van der Waals surface area contributed by atoms with Crippen molar-refractivity contribution < 1.29 is 0 Å². The van der Waals surface area contributed by atoms with Gasteiger partial charge in [0, 0.05) is 18.5 Å². The summed E-state index contributed by atoms with van der Waals surface area (Å²) < 4.78 is 2.34. The Kier molecular flexibility index (Phi) is 4.98. The predicted molar refractivity (Wildman–Crippen MR) is 95.8 cm³/mol. The van der Waals surface area contributed by atoms with E-state index >= 15 is 0 Å². The summed E-state index contributed by atoms with van der Waals surface area (Å²) in [6.07, 6.45) is 6.56. The van der Waals surface area contributed by atoms with E-state index in [4.69, 9.17) is 4.98 Å². The lowest BCUT2D eigenvalue weighted by Crippen LogP contribution is -2.30. The Morgan fingerprint density at radius 2 is 1.88 bits per heavy atom. The lowest BCUT2D eigenvalue weighted by molar-refractivity contribution is 0.428. The molecule has 1 aliphatic heterocycles. The Morgan fingerprint density at radius 1 is 1.04 bits per heavy atom. The van der Waals surface area contributed by atoms with Gasteiger partial charge in [-0.1, -0.05) is 13.8 Å². The molecule has 0 bridgehead atoms. The molecule has 25 heavy (non-hydrogen) atoms. The van der Waals surface area contributed by atoms with Crippen LogP contribution in [0.15, 0.2) is 10.3 Å². The Balaban J connectivity index is 1.61. The molecule has 134 valence electrons. The van der Waals surface area contributed by atoms with Crippen molar-refractivity contribution >= 4 is 11.8 Å². The highest BCUT2D eigenvalue weighted by Gasteiger charge is 2.33. The predicted octanol–water partition coefficient (Wildman–Crippen LogP) is 2.54. The Labute approximate surface area is 152 Å². The zero-order valence-corrected chi connectivity index (χ0v) is 15.7. The number of hydrogen-bond donors (Lipinski definition) is 1. The third-order valence-corrected chi connectivity index (χ3v) is 5.75. The number of nitrogens with zero attached hydrogens (tertiary/aromatic N) is 6. The van der Waals surface area contributed by atoms with Crippen LogP contribution in [0, 0.1) is 0 Å². The van der Waals surface area contributed by atoms with Crippen molar-refractivity contribution in [2.24, 2.45) is 0 Å². The molecule has 2 aromatic rings. The molecule has 1 N–H and O–H groups in total. The fraction of sp³-hybridized carbons (Fsp3) is 0.706. The van der Waals surface area contributed by atoms with Crippen LogP contribution in [0.5, 0.6) is 0 Å². The van der Waals surface area contributed by atoms with E-state index in [0.29, 0.717) is 17.1 Å². The van der Waals surface area contributed by atoms with Crippen molar-refractivity contribution in [3.63, 3.8) is 0 Å². The first kappa shape index (κ1) is 16.9. The van der Waals surface area contributed by atoms with Crippen LogP contribution in [0.2, 0.25) is 0 Å². The van der Waals surface area contributed by atoms with Gasteiger partial charge in [0.15, 0.2) is 5.16 Å². The molecule has 8 heteroatoms. The van der Waals surface area contributed by atoms with Gasteiger partial charge in [-0.3, -0.25) is 0 Å². The lowest BCUT2D eigenvalue weighted by Gasteiger charge is -2.22. The maximum absolute atomic E-state index is 4.70. The molecule has 2 aliphatic rings. The van der Waals surface area contributed by atoms with Crippen molar-refractivity contribution in [1.82, 2.24) is 35.3 Å². The van der Waals surface area contributed by atoms with Crippen molar-refractivity contribution in [3.8, 4) is 0 Å². The second-order valence-electron chi connectivity index (χ2n) is 6.78. The fourth-order valence-electron chi connectivity index (χ4n) is 3.43. The highest BCUT2D eigenvalue weighted by Crippen LogP contribution is 2.41. The topological polar surface area (TPSA) is 81.4 Å². The summed E-state index contributed by atoms with van der Waals surface area (Å²) in [5.74, 6) is 1.59. The third-order valence-electron chi connectivity index (χ3n) is 4.94. The molecular weight excluding hydrogens is 334 g/mol. The SMILES string of the molecule is CCc1nnc(Sc2nnc(C3CCCNC3)n2C2CC2)nc1CC. The van der Waals surface area contributed by atoms with E-state index in [0.717, 1.165) is 48.3 Å². The normalized spacial score (nSPS) is 20.8. The van der Waals surface area contributed by atoms with E-state index < -0.39 is 0 Å². The first-order chi connectivity index (χ1) is 12.3. The molecule has 0 aromatic carbocycles. The molecule has 0 spiro atoms. The molecule has 7 nitrogen and oxygen atoms in total. The highest BCUT2D eigenvalue weighted by molar-refractivity contribution is 7.99. The molecule has 2 fully saturated rings. The van der Waals surface area contributed by atoms with Gasteiger partial charge in [-0.05, 0) is 56.8 Å². The molecule has 1 saturated carbocycles. The molecule has 1 saturated heterocycles. The number of hydrogen-bond acceptors (Lipinski definition) is 7. The number of aryl methyl sites for hydroxylation is 2. The minimum Gasteiger partial charge on any atom is -0.316 e. The molecule has 4 rings (SSSR count). The largest absolute Gasteiger partial charge is 0.316 e. The lowest BCUT2D eigenvalue weighted by atomic mass is 9.99. The van der Waals surface area contributed by atoms with Crippen molar-refractivity contribution in [1.29, 1.82) is 0 Å². The highest BCUT2D eigenvalue weighted by atomic mass is 32.2. The van der Waals surface area contributed by atoms with Crippen molar-refractivity contribution in [3.05, 3.63) is 17.2 Å². The molecule has 0 radical (unpaired) electrons. The molecular formula is C17H25N7S. The zero-order valence-electron chi connectivity index (χ0n) is 14.9. The monoisotopic (exact) mass is 359 g/mol. The van der Waals surface area contributed by atoms with E-state index in [-0.39, 0.29) is 0 Å². The van der Waals surface area contributed by atoms with E-state index in [1.807, 2.05) is 0 Å². The summed E-state index contributed by atoms with van der Waals surface area (Å²) in [5, 5.41) is 22.8. The molecule has 3 heterocycles. The first-order valence-electron chi connectivity index (χ1n) is 9.36. The smallest absolute Gasteiger partial charge is 0.217 e. The fourth-order valence-corrected chi connectivity index (χ4v) is 4.25. The number of nitrogens with one attached hydrogen (secondary N) is 1. The molecule has 1 unspecified atom stereocenters. The summed E-state index contributed by atoms with van der Waals surface area (Å²) in [7, 11) is 0. The second kappa shape index (κ2) is 7.37. The summed E-state index contributed by atoms with van der Waals surface area (Å²) in [4.78, 5) is 4.70.